The molecule has 0 atom stereocenters. The normalized spacial score (nSPS) is 14.9. The van der Waals surface area contributed by atoms with Crippen molar-refractivity contribution in [1.29, 1.82) is 0 Å². The van der Waals surface area contributed by atoms with Crippen molar-refractivity contribution >= 4 is 54.7 Å². The Hall–Kier alpha value is -0.380. The standard InChI is InChI=1S/C11H6BrClOS/c12-11-6-1-2-8(14)7-3-5(13)4-9(15-11)10(6)7/h3-4H,1-2H2. The summed E-state index contributed by atoms with van der Waals surface area (Å²) in [5.41, 5.74) is 2.06. The second-order valence-electron chi connectivity index (χ2n) is 3.60. The first-order valence-electron chi connectivity index (χ1n) is 4.60. The van der Waals surface area contributed by atoms with E-state index in [2.05, 4.69) is 15.9 Å². The number of Topliss-reactive ketones (excluding diaryl/α,β-unsaturated/α-hetero) is 1. The Labute approximate surface area is 104 Å². The predicted octanol–water partition coefficient (Wildman–Crippen LogP) is 4.45. The van der Waals surface area contributed by atoms with Gasteiger partial charge < -0.3 is 0 Å². The van der Waals surface area contributed by atoms with Crippen molar-refractivity contribution in [2.75, 3.05) is 0 Å². The van der Waals surface area contributed by atoms with Crippen molar-refractivity contribution in [3.05, 3.63) is 32.1 Å². The number of halogens is 2. The second-order valence-corrected chi connectivity index (χ2v) is 6.41. The fraction of sp³-hybridized carbons (Fsp3) is 0.182. The number of hydrogen-bond donors (Lipinski definition) is 0. The molecule has 0 aliphatic heterocycles. The van der Waals surface area contributed by atoms with E-state index in [-0.39, 0.29) is 5.78 Å². The first-order chi connectivity index (χ1) is 7.16. The maximum atomic E-state index is 11.8. The van der Waals surface area contributed by atoms with Crippen LogP contribution in [-0.4, -0.2) is 5.78 Å². The lowest BCUT2D eigenvalue weighted by atomic mass is 9.92. The minimum Gasteiger partial charge on any atom is -0.294 e. The molecule has 0 radical (unpaired) electrons. The van der Waals surface area contributed by atoms with E-state index >= 15 is 0 Å². The molecule has 0 saturated carbocycles. The van der Waals surface area contributed by atoms with Crippen LogP contribution in [0.5, 0.6) is 0 Å². The summed E-state index contributed by atoms with van der Waals surface area (Å²) in [7, 11) is 0. The molecule has 76 valence electrons. The van der Waals surface area contributed by atoms with Gasteiger partial charge in [0, 0.05) is 27.1 Å². The first kappa shape index (κ1) is 9.82. The van der Waals surface area contributed by atoms with E-state index in [0.29, 0.717) is 11.4 Å². The number of ketones is 1. The molecule has 1 aromatic carbocycles. The smallest absolute Gasteiger partial charge is 0.163 e. The van der Waals surface area contributed by atoms with Crippen molar-refractivity contribution in [3.8, 4) is 0 Å². The van der Waals surface area contributed by atoms with Crippen molar-refractivity contribution in [2.24, 2.45) is 0 Å². The number of aryl methyl sites for hydroxylation is 1. The number of hydrogen-bond acceptors (Lipinski definition) is 2. The van der Waals surface area contributed by atoms with Gasteiger partial charge in [0.1, 0.15) is 0 Å². The van der Waals surface area contributed by atoms with Gasteiger partial charge in [-0.25, -0.2) is 0 Å². The fourth-order valence-corrected chi connectivity index (χ4v) is 4.29. The van der Waals surface area contributed by atoms with Crippen molar-refractivity contribution in [2.45, 2.75) is 12.8 Å². The molecule has 4 heteroatoms. The fourth-order valence-electron chi connectivity index (χ4n) is 2.05. The Morgan fingerprint density at radius 3 is 2.93 bits per heavy atom. The van der Waals surface area contributed by atoms with Gasteiger partial charge in [-0.2, -0.15) is 0 Å². The van der Waals surface area contributed by atoms with E-state index < -0.39 is 0 Å². The maximum absolute atomic E-state index is 11.8. The SMILES string of the molecule is O=C1CCc2c(Br)sc3cc(Cl)cc1c23. The van der Waals surface area contributed by atoms with Gasteiger partial charge in [0.15, 0.2) is 5.78 Å². The molecule has 2 aromatic rings. The predicted molar refractivity (Wildman–Crippen MR) is 67.2 cm³/mol. The molecule has 15 heavy (non-hydrogen) atoms. The van der Waals surface area contributed by atoms with Crippen molar-refractivity contribution in [1.82, 2.24) is 0 Å². The topological polar surface area (TPSA) is 17.1 Å². The van der Waals surface area contributed by atoms with Crippen LogP contribution in [0.15, 0.2) is 15.9 Å². The third kappa shape index (κ3) is 1.37. The molecular weight excluding hydrogens is 296 g/mol. The van der Waals surface area contributed by atoms with Crippen LogP contribution in [0, 0.1) is 0 Å². The zero-order chi connectivity index (χ0) is 10.6. The lowest BCUT2D eigenvalue weighted by Crippen LogP contribution is -2.07. The van der Waals surface area contributed by atoms with Crippen molar-refractivity contribution in [3.63, 3.8) is 0 Å². The van der Waals surface area contributed by atoms with E-state index in [1.54, 1.807) is 17.4 Å². The molecule has 0 spiro atoms. The molecule has 1 heterocycles. The van der Waals surface area contributed by atoms with Crippen LogP contribution in [-0.2, 0) is 6.42 Å². The van der Waals surface area contributed by atoms with E-state index in [1.165, 1.54) is 5.56 Å². The van der Waals surface area contributed by atoms with E-state index in [1.807, 2.05) is 6.07 Å². The molecule has 0 saturated heterocycles. The third-order valence-corrected chi connectivity index (χ3v) is 4.86. The zero-order valence-electron chi connectivity index (χ0n) is 7.64. The number of carbonyl (C=O) groups excluding carboxylic acids is 1. The van der Waals surface area contributed by atoms with Crippen LogP contribution in [0.2, 0.25) is 5.02 Å². The molecule has 0 amide bonds. The number of rotatable bonds is 0. The van der Waals surface area contributed by atoms with E-state index in [9.17, 15) is 4.79 Å². The zero-order valence-corrected chi connectivity index (χ0v) is 10.8. The summed E-state index contributed by atoms with van der Waals surface area (Å²) < 4.78 is 2.24. The highest BCUT2D eigenvalue weighted by molar-refractivity contribution is 9.11. The van der Waals surface area contributed by atoms with Crippen LogP contribution in [0.4, 0.5) is 0 Å². The molecule has 0 fully saturated rings. The van der Waals surface area contributed by atoms with Gasteiger partial charge in [-0.15, -0.1) is 11.3 Å². The maximum Gasteiger partial charge on any atom is 0.163 e. The highest BCUT2D eigenvalue weighted by Crippen LogP contribution is 2.42. The Bertz CT molecular complexity index is 588. The summed E-state index contributed by atoms with van der Waals surface area (Å²) in [5.74, 6) is 0.209. The van der Waals surface area contributed by atoms with Crippen LogP contribution in [0.3, 0.4) is 0 Å². The molecule has 3 rings (SSSR count). The number of thiophene rings is 1. The van der Waals surface area contributed by atoms with Crippen LogP contribution >= 0.6 is 38.9 Å². The average molecular weight is 302 g/mol. The summed E-state index contributed by atoms with van der Waals surface area (Å²) in [4.78, 5) is 11.8. The Balaban J connectivity index is 2.52. The number of carbonyl (C=O) groups is 1. The van der Waals surface area contributed by atoms with Gasteiger partial charge in [0.2, 0.25) is 0 Å². The Kier molecular flexibility index (Phi) is 2.16. The molecule has 0 N–H and O–H groups in total. The quantitative estimate of drug-likeness (QED) is 0.703. The molecule has 1 aliphatic carbocycles. The van der Waals surface area contributed by atoms with Gasteiger partial charge in [0.25, 0.3) is 0 Å². The Morgan fingerprint density at radius 2 is 2.13 bits per heavy atom. The molecule has 0 unspecified atom stereocenters. The molecule has 1 aliphatic rings. The van der Waals surface area contributed by atoms with Gasteiger partial charge >= 0.3 is 0 Å². The summed E-state index contributed by atoms with van der Waals surface area (Å²) in [6, 6.07) is 3.71. The van der Waals surface area contributed by atoms with Crippen LogP contribution in [0.1, 0.15) is 22.3 Å². The highest BCUT2D eigenvalue weighted by Gasteiger charge is 2.23. The molecular formula is C11H6BrClOS. The van der Waals surface area contributed by atoms with Crippen LogP contribution in [0.25, 0.3) is 10.1 Å². The first-order valence-corrected chi connectivity index (χ1v) is 6.59. The minimum atomic E-state index is 0.209. The lowest BCUT2D eigenvalue weighted by molar-refractivity contribution is 0.0982. The van der Waals surface area contributed by atoms with E-state index in [4.69, 9.17) is 11.6 Å². The molecule has 0 bridgehead atoms. The summed E-state index contributed by atoms with van der Waals surface area (Å²) in [5, 5.41) is 1.75. The largest absolute Gasteiger partial charge is 0.294 e. The highest BCUT2D eigenvalue weighted by atomic mass is 79.9. The van der Waals surface area contributed by atoms with Gasteiger partial charge in [-0.05, 0) is 40.0 Å². The summed E-state index contributed by atoms with van der Waals surface area (Å²) in [6.45, 7) is 0. The van der Waals surface area contributed by atoms with Crippen molar-refractivity contribution < 1.29 is 4.79 Å². The van der Waals surface area contributed by atoms with Gasteiger partial charge in [0.05, 0.1) is 3.79 Å². The molecule has 1 aromatic heterocycles. The molecule has 1 nitrogen and oxygen atoms in total. The van der Waals surface area contributed by atoms with Crippen LogP contribution < -0.4 is 0 Å². The summed E-state index contributed by atoms with van der Waals surface area (Å²) >= 11 is 11.2. The van der Waals surface area contributed by atoms with Gasteiger partial charge in [-0.1, -0.05) is 11.6 Å². The summed E-state index contributed by atoms with van der Waals surface area (Å²) in [6.07, 6.45) is 1.44. The second kappa shape index (κ2) is 3.30. The average Bonchev–Trinajstić information content (AvgIpc) is 2.49. The Morgan fingerprint density at radius 1 is 1.33 bits per heavy atom. The monoisotopic (exact) mass is 300 g/mol. The minimum absolute atomic E-state index is 0.209. The number of benzene rings is 1. The van der Waals surface area contributed by atoms with Gasteiger partial charge in [-0.3, -0.25) is 4.79 Å². The van der Waals surface area contributed by atoms with E-state index in [0.717, 1.165) is 25.9 Å². The third-order valence-electron chi connectivity index (χ3n) is 2.71. The lowest BCUT2D eigenvalue weighted by Gasteiger charge is -2.11.